The number of nitrogens with zero attached hydrogens (tertiary/aromatic N) is 2. The maximum Gasteiger partial charge on any atom is 0.243 e. The van der Waals surface area contributed by atoms with Gasteiger partial charge in [0.2, 0.25) is 10.0 Å². The Bertz CT molecular complexity index is 597. The van der Waals surface area contributed by atoms with E-state index in [0.29, 0.717) is 18.7 Å². The van der Waals surface area contributed by atoms with Crippen LogP contribution in [0.15, 0.2) is 29.2 Å². The van der Waals surface area contributed by atoms with Crippen LogP contribution in [0.25, 0.3) is 0 Å². The molecule has 0 aliphatic carbocycles. The molecule has 1 N–H and O–H groups in total. The van der Waals surface area contributed by atoms with Crippen molar-refractivity contribution in [3.05, 3.63) is 29.8 Å². The summed E-state index contributed by atoms with van der Waals surface area (Å²) in [7, 11) is -3.55. The van der Waals surface area contributed by atoms with Crippen molar-refractivity contribution in [2.75, 3.05) is 13.1 Å². The van der Waals surface area contributed by atoms with Crippen LogP contribution < -0.4 is 5.32 Å². The molecule has 0 spiro atoms. The standard InChI is InChI=1S/C13H17N3O2S/c1-10-8-15-9-11(2)16(10)19(17,18)13-5-3-4-12(6-13)7-14/h3-6,10-11,15H,8-9H2,1-2H3/t10-,11+. The lowest BCUT2D eigenvalue weighted by molar-refractivity contribution is 0.220. The largest absolute Gasteiger partial charge is 0.314 e. The highest BCUT2D eigenvalue weighted by atomic mass is 32.2. The zero-order valence-corrected chi connectivity index (χ0v) is 11.8. The summed E-state index contributed by atoms with van der Waals surface area (Å²) in [6.07, 6.45) is 0. The summed E-state index contributed by atoms with van der Waals surface area (Å²) in [5, 5.41) is 12.1. The Kier molecular flexibility index (Phi) is 3.90. The minimum atomic E-state index is -3.55. The molecular weight excluding hydrogens is 262 g/mol. The quantitative estimate of drug-likeness (QED) is 0.874. The molecule has 1 fully saturated rings. The minimum absolute atomic E-state index is 0.0977. The first-order chi connectivity index (χ1) is 8.96. The van der Waals surface area contributed by atoms with Crippen LogP contribution in [-0.4, -0.2) is 37.9 Å². The van der Waals surface area contributed by atoms with Gasteiger partial charge >= 0.3 is 0 Å². The molecule has 19 heavy (non-hydrogen) atoms. The van der Waals surface area contributed by atoms with E-state index < -0.39 is 10.0 Å². The Morgan fingerprint density at radius 3 is 2.53 bits per heavy atom. The van der Waals surface area contributed by atoms with Crippen molar-refractivity contribution in [3.63, 3.8) is 0 Å². The number of hydrogen-bond donors (Lipinski definition) is 1. The maximum atomic E-state index is 12.7. The van der Waals surface area contributed by atoms with Crippen LogP contribution >= 0.6 is 0 Å². The highest BCUT2D eigenvalue weighted by Gasteiger charge is 2.35. The predicted molar refractivity (Wildman–Crippen MR) is 72.0 cm³/mol. The molecule has 102 valence electrons. The molecule has 1 aromatic rings. The average Bonchev–Trinajstić information content (AvgIpc) is 2.38. The number of nitriles is 1. The van der Waals surface area contributed by atoms with Crippen molar-refractivity contribution < 1.29 is 8.42 Å². The molecule has 2 atom stereocenters. The maximum absolute atomic E-state index is 12.7. The third-order valence-electron chi connectivity index (χ3n) is 3.29. The van der Waals surface area contributed by atoms with Gasteiger partial charge in [-0.25, -0.2) is 8.42 Å². The van der Waals surface area contributed by atoms with Gasteiger partial charge in [0.25, 0.3) is 0 Å². The second-order valence-electron chi connectivity index (χ2n) is 4.83. The molecule has 1 aliphatic rings. The predicted octanol–water partition coefficient (Wildman–Crippen LogP) is 0.929. The lowest BCUT2D eigenvalue weighted by Gasteiger charge is -2.38. The summed E-state index contributed by atoms with van der Waals surface area (Å²) < 4.78 is 26.9. The Hall–Kier alpha value is -1.42. The second kappa shape index (κ2) is 5.29. The van der Waals surface area contributed by atoms with Crippen LogP contribution in [0.4, 0.5) is 0 Å². The molecule has 0 radical (unpaired) electrons. The van der Waals surface area contributed by atoms with Gasteiger partial charge < -0.3 is 5.32 Å². The van der Waals surface area contributed by atoms with Crippen molar-refractivity contribution >= 4 is 10.0 Å². The summed E-state index contributed by atoms with van der Waals surface area (Å²) in [6, 6.07) is 7.94. The van der Waals surface area contributed by atoms with Crippen molar-refractivity contribution in [2.45, 2.75) is 30.8 Å². The normalized spacial score (nSPS) is 24.9. The fourth-order valence-corrected chi connectivity index (χ4v) is 4.30. The zero-order chi connectivity index (χ0) is 14.0. The van der Waals surface area contributed by atoms with E-state index in [9.17, 15) is 8.42 Å². The summed E-state index contributed by atoms with van der Waals surface area (Å²) >= 11 is 0. The molecule has 1 saturated heterocycles. The third-order valence-corrected chi connectivity index (χ3v) is 5.41. The van der Waals surface area contributed by atoms with Crippen LogP contribution in [0, 0.1) is 11.3 Å². The zero-order valence-electron chi connectivity index (χ0n) is 11.0. The van der Waals surface area contributed by atoms with Gasteiger partial charge in [-0.2, -0.15) is 9.57 Å². The molecule has 0 amide bonds. The van der Waals surface area contributed by atoms with Crippen molar-refractivity contribution in [1.82, 2.24) is 9.62 Å². The molecule has 1 heterocycles. The van der Waals surface area contributed by atoms with Gasteiger partial charge in [0, 0.05) is 25.2 Å². The van der Waals surface area contributed by atoms with Gasteiger partial charge in [0.05, 0.1) is 16.5 Å². The number of benzene rings is 1. The van der Waals surface area contributed by atoms with E-state index in [-0.39, 0.29) is 17.0 Å². The first-order valence-electron chi connectivity index (χ1n) is 6.21. The molecule has 5 nitrogen and oxygen atoms in total. The smallest absolute Gasteiger partial charge is 0.243 e. The summed E-state index contributed by atoms with van der Waals surface area (Å²) in [4.78, 5) is 0.187. The monoisotopic (exact) mass is 279 g/mol. The molecule has 0 bridgehead atoms. The van der Waals surface area contributed by atoms with Gasteiger partial charge in [-0.15, -0.1) is 0 Å². The molecule has 1 aromatic carbocycles. The first kappa shape index (κ1) is 14.0. The van der Waals surface area contributed by atoms with E-state index >= 15 is 0 Å². The lowest BCUT2D eigenvalue weighted by Crippen LogP contribution is -2.57. The topological polar surface area (TPSA) is 73.2 Å². The first-order valence-corrected chi connectivity index (χ1v) is 7.65. The number of hydrogen-bond acceptors (Lipinski definition) is 4. The molecule has 6 heteroatoms. The van der Waals surface area contributed by atoms with Gasteiger partial charge in [-0.1, -0.05) is 6.07 Å². The number of rotatable bonds is 2. The van der Waals surface area contributed by atoms with E-state index in [2.05, 4.69) is 5.32 Å². The second-order valence-corrected chi connectivity index (χ2v) is 6.67. The minimum Gasteiger partial charge on any atom is -0.314 e. The van der Waals surface area contributed by atoms with Crippen molar-refractivity contribution in [2.24, 2.45) is 0 Å². The van der Waals surface area contributed by atoms with Crippen LogP contribution in [0.3, 0.4) is 0 Å². The van der Waals surface area contributed by atoms with Crippen LogP contribution in [0.1, 0.15) is 19.4 Å². The summed E-state index contributed by atoms with van der Waals surface area (Å²) in [5.74, 6) is 0. The van der Waals surface area contributed by atoms with Gasteiger partial charge in [-0.05, 0) is 32.0 Å². The average molecular weight is 279 g/mol. The van der Waals surface area contributed by atoms with E-state index in [1.54, 1.807) is 12.1 Å². The molecule has 0 saturated carbocycles. The van der Waals surface area contributed by atoms with Crippen LogP contribution in [0.5, 0.6) is 0 Å². The molecule has 1 aliphatic heterocycles. The number of sulfonamides is 1. The number of piperazine rings is 1. The fraction of sp³-hybridized carbons (Fsp3) is 0.462. The summed E-state index contributed by atoms with van der Waals surface area (Å²) in [5.41, 5.74) is 0.358. The lowest BCUT2D eigenvalue weighted by atomic mass is 10.2. The van der Waals surface area contributed by atoms with Crippen LogP contribution in [0.2, 0.25) is 0 Å². The molecule has 0 unspecified atom stereocenters. The van der Waals surface area contributed by atoms with Crippen molar-refractivity contribution in [3.8, 4) is 6.07 Å². The Labute approximate surface area is 113 Å². The van der Waals surface area contributed by atoms with Crippen LogP contribution in [-0.2, 0) is 10.0 Å². The third kappa shape index (κ3) is 2.63. The van der Waals surface area contributed by atoms with E-state index in [4.69, 9.17) is 5.26 Å². The van der Waals surface area contributed by atoms with E-state index in [1.165, 1.54) is 16.4 Å². The highest BCUT2D eigenvalue weighted by molar-refractivity contribution is 7.89. The van der Waals surface area contributed by atoms with Gasteiger partial charge in [0.15, 0.2) is 0 Å². The van der Waals surface area contributed by atoms with Gasteiger partial charge in [-0.3, -0.25) is 0 Å². The Balaban J connectivity index is 2.43. The molecule has 2 rings (SSSR count). The Morgan fingerprint density at radius 2 is 1.95 bits per heavy atom. The summed E-state index contributed by atoms with van der Waals surface area (Å²) in [6.45, 7) is 5.05. The SMILES string of the molecule is C[C@@H]1CNC[C@H](C)N1S(=O)(=O)c1cccc(C#N)c1. The highest BCUT2D eigenvalue weighted by Crippen LogP contribution is 2.23. The van der Waals surface area contributed by atoms with E-state index in [0.717, 1.165) is 0 Å². The fourth-order valence-electron chi connectivity index (χ4n) is 2.44. The molecule has 0 aromatic heterocycles. The van der Waals surface area contributed by atoms with Gasteiger partial charge in [0.1, 0.15) is 0 Å². The number of nitrogens with one attached hydrogen (secondary N) is 1. The van der Waals surface area contributed by atoms with Crippen molar-refractivity contribution in [1.29, 1.82) is 5.26 Å². The van der Waals surface area contributed by atoms with E-state index in [1.807, 2.05) is 19.9 Å². The Morgan fingerprint density at radius 1 is 1.32 bits per heavy atom. The molecular formula is C13H17N3O2S.